The van der Waals surface area contributed by atoms with E-state index < -0.39 is 0 Å². The van der Waals surface area contributed by atoms with E-state index in [-0.39, 0.29) is 16.2 Å². The lowest BCUT2D eigenvalue weighted by atomic mass is 9.69. The minimum Gasteiger partial charge on any atom is -0.0622 e. The number of rotatable bonds is 1. The standard InChI is InChI=1S/C24H34/c1-22(2,3)18-15-19(17-13-11-10-12-14-17)21(24(7,8)9)20(16-18)23(4,5)6/h10-16H,1-9H3. The Hall–Kier alpha value is -1.56. The number of hydrogen-bond donors (Lipinski definition) is 0. The zero-order chi connectivity index (χ0) is 18.3. The second-order valence-electron chi connectivity index (χ2n) is 10.1. The van der Waals surface area contributed by atoms with Gasteiger partial charge in [0.2, 0.25) is 0 Å². The van der Waals surface area contributed by atoms with Crippen LogP contribution in [0.1, 0.15) is 79.0 Å². The molecule has 0 bridgehead atoms. The Morgan fingerprint density at radius 2 is 1.12 bits per heavy atom. The topological polar surface area (TPSA) is 0 Å². The van der Waals surface area contributed by atoms with Crippen molar-refractivity contribution < 1.29 is 0 Å². The zero-order valence-electron chi connectivity index (χ0n) is 17.0. The van der Waals surface area contributed by atoms with Crippen molar-refractivity contribution >= 4 is 0 Å². The van der Waals surface area contributed by atoms with Gasteiger partial charge < -0.3 is 0 Å². The monoisotopic (exact) mass is 322 g/mol. The van der Waals surface area contributed by atoms with Gasteiger partial charge in [-0.05, 0) is 44.1 Å². The van der Waals surface area contributed by atoms with E-state index in [1.807, 2.05) is 0 Å². The van der Waals surface area contributed by atoms with Gasteiger partial charge in [-0.3, -0.25) is 0 Å². The average Bonchev–Trinajstić information content (AvgIpc) is 2.44. The minimum absolute atomic E-state index is 0.101. The highest BCUT2D eigenvalue weighted by molar-refractivity contribution is 5.72. The number of benzene rings is 2. The number of hydrogen-bond acceptors (Lipinski definition) is 0. The van der Waals surface area contributed by atoms with Crippen LogP contribution in [-0.2, 0) is 16.2 Å². The Morgan fingerprint density at radius 1 is 0.583 bits per heavy atom. The fourth-order valence-electron chi connectivity index (χ4n) is 3.32. The Balaban J connectivity index is 2.94. The second kappa shape index (κ2) is 6.06. The molecule has 0 nitrogen and oxygen atoms in total. The van der Waals surface area contributed by atoms with Gasteiger partial charge in [0.05, 0.1) is 0 Å². The van der Waals surface area contributed by atoms with Gasteiger partial charge in [0.15, 0.2) is 0 Å². The molecule has 0 aliphatic rings. The van der Waals surface area contributed by atoms with Crippen molar-refractivity contribution in [3.05, 3.63) is 59.2 Å². The highest BCUT2D eigenvalue weighted by Crippen LogP contribution is 2.43. The molecule has 0 heterocycles. The second-order valence-corrected chi connectivity index (χ2v) is 10.1. The van der Waals surface area contributed by atoms with Crippen molar-refractivity contribution in [3.63, 3.8) is 0 Å². The first-order valence-electron chi connectivity index (χ1n) is 9.07. The van der Waals surface area contributed by atoms with Crippen molar-refractivity contribution in [3.8, 4) is 11.1 Å². The SMILES string of the molecule is CC(C)(C)c1cc(-c2ccccc2)c(C(C)(C)C)c(C(C)(C)C)c1. The van der Waals surface area contributed by atoms with Gasteiger partial charge in [-0.25, -0.2) is 0 Å². The molecule has 2 aromatic carbocycles. The van der Waals surface area contributed by atoms with Gasteiger partial charge in [-0.15, -0.1) is 0 Å². The van der Waals surface area contributed by atoms with Crippen molar-refractivity contribution in [1.82, 2.24) is 0 Å². The molecule has 0 heteroatoms. The molecule has 0 saturated heterocycles. The van der Waals surface area contributed by atoms with E-state index in [0.29, 0.717) is 0 Å². The van der Waals surface area contributed by atoms with Gasteiger partial charge in [0.1, 0.15) is 0 Å². The summed E-state index contributed by atoms with van der Waals surface area (Å²) in [7, 11) is 0. The Labute approximate surface area is 149 Å². The molecule has 0 spiro atoms. The lowest BCUT2D eigenvalue weighted by Crippen LogP contribution is -2.25. The van der Waals surface area contributed by atoms with E-state index in [1.54, 1.807) is 0 Å². The van der Waals surface area contributed by atoms with E-state index in [2.05, 4.69) is 105 Å². The third-order valence-corrected chi connectivity index (χ3v) is 4.65. The van der Waals surface area contributed by atoms with Crippen molar-refractivity contribution in [2.24, 2.45) is 0 Å². The summed E-state index contributed by atoms with van der Waals surface area (Å²) in [5.74, 6) is 0. The first-order valence-corrected chi connectivity index (χ1v) is 9.07. The Bertz CT molecular complexity index is 699. The summed E-state index contributed by atoms with van der Waals surface area (Å²) in [5, 5.41) is 0. The molecule has 0 atom stereocenters. The van der Waals surface area contributed by atoms with Crippen LogP contribution >= 0.6 is 0 Å². The van der Waals surface area contributed by atoms with Crippen LogP contribution in [0.15, 0.2) is 42.5 Å². The van der Waals surface area contributed by atoms with Crippen LogP contribution < -0.4 is 0 Å². The van der Waals surface area contributed by atoms with E-state index in [0.717, 1.165) is 0 Å². The summed E-state index contributed by atoms with van der Waals surface area (Å²) in [5.41, 5.74) is 7.44. The molecule has 130 valence electrons. The average molecular weight is 323 g/mol. The van der Waals surface area contributed by atoms with Crippen molar-refractivity contribution in [2.75, 3.05) is 0 Å². The maximum atomic E-state index is 2.45. The molecule has 0 N–H and O–H groups in total. The molecule has 0 aliphatic carbocycles. The van der Waals surface area contributed by atoms with Gasteiger partial charge in [-0.1, -0.05) is 105 Å². The van der Waals surface area contributed by atoms with E-state index in [4.69, 9.17) is 0 Å². The van der Waals surface area contributed by atoms with Crippen LogP contribution in [0.5, 0.6) is 0 Å². The molecule has 0 fully saturated rings. The molecule has 0 unspecified atom stereocenters. The smallest absolute Gasteiger partial charge is 0.0123 e. The normalized spacial score (nSPS) is 13.2. The predicted molar refractivity (Wildman–Crippen MR) is 108 cm³/mol. The molecule has 0 saturated carbocycles. The lowest BCUT2D eigenvalue weighted by molar-refractivity contribution is 0.524. The van der Waals surface area contributed by atoms with Crippen LogP contribution in [0.4, 0.5) is 0 Å². The Morgan fingerprint density at radius 3 is 1.54 bits per heavy atom. The minimum atomic E-state index is 0.101. The van der Waals surface area contributed by atoms with Gasteiger partial charge >= 0.3 is 0 Å². The summed E-state index contributed by atoms with van der Waals surface area (Å²) >= 11 is 0. The molecule has 0 amide bonds. The summed E-state index contributed by atoms with van der Waals surface area (Å²) in [6.07, 6.45) is 0. The van der Waals surface area contributed by atoms with E-state index in [9.17, 15) is 0 Å². The van der Waals surface area contributed by atoms with Crippen LogP contribution in [0.2, 0.25) is 0 Å². The van der Waals surface area contributed by atoms with Crippen LogP contribution in [-0.4, -0.2) is 0 Å². The fraction of sp³-hybridized carbons (Fsp3) is 0.500. The van der Waals surface area contributed by atoms with Gasteiger partial charge in [0.25, 0.3) is 0 Å². The molecule has 2 rings (SSSR count). The van der Waals surface area contributed by atoms with Crippen molar-refractivity contribution in [2.45, 2.75) is 78.6 Å². The predicted octanol–water partition coefficient (Wildman–Crippen LogP) is 7.25. The largest absolute Gasteiger partial charge is 0.0622 e. The lowest BCUT2D eigenvalue weighted by Gasteiger charge is -2.35. The summed E-state index contributed by atoms with van der Waals surface area (Å²) in [4.78, 5) is 0. The molecular formula is C24H34. The zero-order valence-corrected chi connectivity index (χ0v) is 17.0. The highest BCUT2D eigenvalue weighted by atomic mass is 14.3. The van der Waals surface area contributed by atoms with Gasteiger partial charge in [0, 0.05) is 0 Å². The maximum absolute atomic E-state index is 2.45. The van der Waals surface area contributed by atoms with Crippen LogP contribution in [0.25, 0.3) is 11.1 Å². The molecule has 24 heavy (non-hydrogen) atoms. The van der Waals surface area contributed by atoms with E-state index >= 15 is 0 Å². The van der Waals surface area contributed by atoms with Crippen molar-refractivity contribution in [1.29, 1.82) is 0 Å². The first kappa shape index (κ1) is 18.8. The van der Waals surface area contributed by atoms with Crippen LogP contribution in [0, 0.1) is 0 Å². The molecule has 0 aromatic heterocycles. The summed E-state index contributed by atoms with van der Waals surface area (Å²) in [6.45, 7) is 20.9. The maximum Gasteiger partial charge on any atom is -0.0123 e. The Kier molecular flexibility index (Phi) is 4.74. The third-order valence-electron chi connectivity index (χ3n) is 4.65. The summed E-state index contributed by atoms with van der Waals surface area (Å²) in [6, 6.07) is 15.7. The highest BCUT2D eigenvalue weighted by Gasteiger charge is 2.30. The fourth-order valence-corrected chi connectivity index (χ4v) is 3.32. The molecule has 2 aromatic rings. The quantitative estimate of drug-likeness (QED) is 0.519. The summed E-state index contributed by atoms with van der Waals surface area (Å²) < 4.78 is 0. The van der Waals surface area contributed by atoms with Gasteiger partial charge in [-0.2, -0.15) is 0 Å². The first-order chi connectivity index (χ1) is 10.8. The van der Waals surface area contributed by atoms with E-state index in [1.165, 1.54) is 27.8 Å². The molecular weight excluding hydrogens is 288 g/mol. The third kappa shape index (κ3) is 3.91. The molecule has 0 radical (unpaired) electrons. The molecule has 0 aliphatic heterocycles. The van der Waals surface area contributed by atoms with Crippen LogP contribution in [0.3, 0.4) is 0 Å².